The van der Waals surface area contributed by atoms with E-state index in [4.69, 9.17) is 4.74 Å². The van der Waals surface area contributed by atoms with Crippen molar-refractivity contribution in [3.63, 3.8) is 0 Å². The SMILES string of the molecule is CNC(c1ccccc1Br)C1CCOC2(CCCCC2)C1. The lowest BCUT2D eigenvalue weighted by Crippen LogP contribution is -2.44. The first-order valence-corrected chi connectivity index (χ1v) is 9.09. The maximum Gasteiger partial charge on any atom is 0.0686 e. The lowest BCUT2D eigenvalue weighted by atomic mass is 9.73. The molecule has 1 saturated heterocycles. The molecule has 1 aliphatic heterocycles. The predicted octanol–water partition coefficient (Wildman–Crippen LogP) is 4.84. The van der Waals surface area contributed by atoms with Crippen molar-refractivity contribution in [3.8, 4) is 0 Å². The third-order valence-electron chi connectivity index (χ3n) is 5.32. The summed E-state index contributed by atoms with van der Waals surface area (Å²) in [5.74, 6) is 0.667. The second kappa shape index (κ2) is 6.80. The average Bonchev–Trinajstić information content (AvgIpc) is 2.51. The molecule has 1 aromatic carbocycles. The van der Waals surface area contributed by atoms with Crippen molar-refractivity contribution in [2.45, 2.75) is 56.6 Å². The first kappa shape index (κ1) is 15.5. The predicted molar refractivity (Wildman–Crippen MR) is 90.4 cm³/mol. The van der Waals surface area contributed by atoms with E-state index in [0.29, 0.717) is 12.0 Å². The van der Waals surface area contributed by atoms with Crippen LogP contribution in [-0.2, 0) is 4.74 Å². The third-order valence-corrected chi connectivity index (χ3v) is 6.04. The van der Waals surface area contributed by atoms with Crippen molar-refractivity contribution < 1.29 is 4.74 Å². The number of halogens is 1. The first-order valence-electron chi connectivity index (χ1n) is 8.30. The Morgan fingerprint density at radius 1 is 1.24 bits per heavy atom. The zero-order chi connectivity index (χ0) is 14.7. The van der Waals surface area contributed by atoms with Gasteiger partial charge in [0.25, 0.3) is 0 Å². The molecule has 0 amide bonds. The van der Waals surface area contributed by atoms with Gasteiger partial charge >= 0.3 is 0 Å². The molecular formula is C18H26BrNO. The minimum absolute atomic E-state index is 0.178. The summed E-state index contributed by atoms with van der Waals surface area (Å²) in [6.07, 6.45) is 8.95. The van der Waals surface area contributed by atoms with Crippen molar-refractivity contribution in [1.82, 2.24) is 5.32 Å². The molecule has 2 aliphatic rings. The molecular weight excluding hydrogens is 326 g/mol. The number of hydrogen-bond acceptors (Lipinski definition) is 2. The van der Waals surface area contributed by atoms with Gasteiger partial charge in [0, 0.05) is 17.1 Å². The monoisotopic (exact) mass is 351 g/mol. The largest absolute Gasteiger partial charge is 0.375 e. The molecule has 0 bridgehead atoms. The fraction of sp³-hybridized carbons (Fsp3) is 0.667. The van der Waals surface area contributed by atoms with Crippen LogP contribution in [0.3, 0.4) is 0 Å². The van der Waals surface area contributed by atoms with Crippen LogP contribution in [0, 0.1) is 5.92 Å². The molecule has 1 spiro atoms. The Hall–Kier alpha value is -0.380. The van der Waals surface area contributed by atoms with E-state index in [0.717, 1.165) is 13.0 Å². The van der Waals surface area contributed by atoms with Gasteiger partial charge in [-0.1, -0.05) is 53.4 Å². The van der Waals surface area contributed by atoms with E-state index >= 15 is 0 Å². The van der Waals surface area contributed by atoms with Gasteiger partial charge in [0.2, 0.25) is 0 Å². The highest BCUT2D eigenvalue weighted by Crippen LogP contribution is 2.44. The highest BCUT2D eigenvalue weighted by atomic mass is 79.9. The highest BCUT2D eigenvalue weighted by molar-refractivity contribution is 9.10. The van der Waals surface area contributed by atoms with Crippen LogP contribution < -0.4 is 5.32 Å². The molecule has 1 aliphatic carbocycles. The van der Waals surface area contributed by atoms with Crippen molar-refractivity contribution in [2.75, 3.05) is 13.7 Å². The Morgan fingerprint density at radius 3 is 2.71 bits per heavy atom. The molecule has 3 heteroatoms. The second-order valence-corrected chi connectivity index (χ2v) is 7.49. The van der Waals surface area contributed by atoms with Gasteiger partial charge in [0.15, 0.2) is 0 Å². The van der Waals surface area contributed by atoms with Crippen molar-refractivity contribution in [2.24, 2.45) is 5.92 Å². The van der Waals surface area contributed by atoms with Crippen LogP contribution in [-0.4, -0.2) is 19.3 Å². The molecule has 116 valence electrons. The van der Waals surface area contributed by atoms with E-state index in [1.807, 2.05) is 0 Å². The Morgan fingerprint density at radius 2 is 2.00 bits per heavy atom. The molecule has 2 fully saturated rings. The minimum Gasteiger partial charge on any atom is -0.375 e. The van der Waals surface area contributed by atoms with Crippen LogP contribution in [0.2, 0.25) is 0 Å². The van der Waals surface area contributed by atoms with Crippen LogP contribution in [0.25, 0.3) is 0 Å². The van der Waals surface area contributed by atoms with Crippen LogP contribution >= 0.6 is 15.9 Å². The van der Waals surface area contributed by atoms with Crippen molar-refractivity contribution in [3.05, 3.63) is 34.3 Å². The normalized spacial score (nSPS) is 26.7. The molecule has 21 heavy (non-hydrogen) atoms. The quantitative estimate of drug-likeness (QED) is 0.841. The minimum atomic E-state index is 0.178. The third kappa shape index (κ3) is 3.35. The van der Waals surface area contributed by atoms with Gasteiger partial charge in [-0.05, 0) is 50.3 Å². The maximum absolute atomic E-state index is 6.26. The lowest BCUT2D eigenvalue weighted by Gasteiger charge is -2.45. The summed E-state index contributed by atoms with van der Waals surface area (Å²) in [6.45, 7) is 0.924. The average molecular weight is 352 g/mol. The van der Waals surface area contributed by atoms with Crippen LogP contribution in [0.1, 0.15) is 56.6 Å². The van der Waals surface area contributed by atoms with E-state index in [-0.39, 0.29) is 5.60 Å². The van der Waals surface area contributed by atoms with Gasteiger partial charge in [0.05, 0.1) is 5.60 Å². The van der Waals surface area contributed by atoms with E-state index < -0.39 is 0 Å². The topological polar surface area (TPSA) is 21.3 Å². The van der Waals surface area contributed by atoms with Crippen LogP contribution in [0.5, 0.6) is 0 Å². The number of rotatable bonds is 3. The molecule has 2 atom stereocenters. The summed E-state index contributed by atoms with van der Waals surface area (Å²) in [7, 11) is 2.09. The summed E-state index contributed by atoms with van der Waals surface area (Å²) in [4.78, 5) is 0. The Labute approximate surface area is 136 Å². The number of nitrogens with one attached hydrogen (secondary N) is 1. The van der Waals surface area contributed by atoms with Gasteiger partial charge in [-0.25, -0.2) is 0 Å². The number of benzene rings is 1. The standard InChI is InChI=1S/C18H26BrNO/c1-20-17(15-7-3-4-8-16(15)19)14-9-12-21-18(13-14)10-5-2-6-11-18/h3-4,7-8,14,17,20H,2,5-6,9-13H2,1H3. The lowest BCUT2D eigenvalue weighted by molar-refractivity contribution is -0.121. The molecule has 1 aromatic rings. The molecule has 1 heterocycles. The smallest absolute Gasteiger partial charge is 0.0686 e. The summed E-state index contributed by atoms with van der Waals surface area (Å²) in [6, 6.07) is 9.04. The summed E-state index contributed by atoms with van der Waals surface area (Å²) in [5, 5.41) is 3.57. The van der Waals surface area contributed by atoms with Crippen LogP contribution in [0.15, 0.2) is 28.7 Å². The second-order valence-electron chi connectivity index (χ2n) is 6.63. The van der Waals surface area contributed by atoms with Gasteiger partial charge < -0.3 is 10.1 Å². The summed E-state index contributed by atoms with van der Waals surface area (Å²) in [5.41, 5.74) is 1.57. The summed E-state index contributed by atoms with van der Waals surface area (Å²) < 4.78 is 7.47. The molecule has 0 radical (unpaired) electrons. The molecule has 3 rings (SSSR count). The fourth-order valence-corrected chi connectivity index (χ4v) is 4.80. The fourth-order valence-electron chi connectivity index (χ4n) is 4.27. The van der Waals surface area contributed by atoms with Gasteiger partial charge in [-0.15, -0.1) is 0 Å². The van der Waals surface area contributed by atoms with E-state index in [9.17, 15) is 0 Å². The zero-order valence-electron chi connectivity index (χ0n) is 12.9. The Balaban J connectivity index is 1.79. The Kier molecular flexibility index (Phi) is 5.03. The van der Waals surface area contributed by atoms with Gasteiger partial charge in [0.1, 0.15) is 0 Å². The molecule has 0 aromatic heterocycles. The zero-order valence-corrected chi connectivity index (χ0v) is 14.5. The first-order chi connectivity index (χ1) is 10.2. The number of ether oxygens (including phenoxy) is 1. The van der Waals surface area contributed by atoms with E-state index in [1.54, 1.807) is 0 Å². The van der Waals surface area contributed by atoms with Crippen molar-refractivity contribution >= 4 is 15.9 Å². The van der Waals surface area contributed by atoms with Gasteiger partial charge in [-0.3, -0.25) is 0 Å². The Bertz CT molecular complexity index is 465. The molecule has 1 N–H and O–H groups in total. The van der Waals surface area contributed by atoms with Crippen LogP contribution in [0.4, 0.5) is 0 Å². The van der Waals surface area contributed by atoms with Gasteiger partial charge in [-0.2, -0.15) is 0 Å². The molecule has 2 nitrogen and oxygen atoms in total. The molecule has 2 unspecified atom stereocenters. The maximum atomic E-state index is 6.26. The highest BCUT2D eigenvalue weighted by Gasteiger charge is 2.41. The number of hydrogen-bond donors (Lipinski definition) is 1. The summed E-state index contributed by atoms with van der Waals surface area (Å²) >= 11 is 3.72. The van der Waals surface area contributed by atoms with Crippen molar-refractivity contribution in [1.29, 1.82) is 0 Å². The van der Waals surface area contributed by atoms with E-state index in [1.165, 1.54) is 48.6 Å². The van der Waals surface area contributed by atoms with E-state index in [2.05, 4.69) is 52.6 Å². The molecule has 1 saturated carbocycles.